The van der Waals surface area contributed by atoms with Crippen LogP contribution in [0.15, 0.2) is 42.5 Å². The fraction of sp³-hybridized carbons (Fsp3) is 0. The van der Waals surface area contributed by atoms with E-state index in [2.05, 4.69) is 16.4 Å². The van der Waals surface area contributed by atoms with Crippen molar-refractivity contribution in [3.8, 4) is 23.0 Å². The molecule has 0 radical (unpaired) electrons. The first-order chi connectivity index (χ1) is 19.1. The second-order valence-electron chi connectivity index (χ2n) is 8.47. The van der Waals surface area contributed by atoms with E-state index in [9.17, 15) is 24.3 Å². The maximum atomic E-state index is 12.6. The zero-order valence-corrected chi connectivity index (χ0v) is 19.9. The number of hydrogen-bond acceptors (Lipinski definition) is 10. The lowest BCUT2D eigenvalue weighted by Gasteiger charge is -2.22. The molecule has 0 atom stereocenters. The van der Waals surface area contributed by atoms with Gasteiger partial charge in [0.2, 0.25) is 0 Å². The number of nitrogens with one attached hydrogen (secondary N) is 4. The van der Waals surface area contributed by atoms with Crippen LogP contribution in [0.5, 0.6) is 23.0 Å². The van der Waals surface area contributed by atoms with Crippen LogP contribution in [0.4, 0.5) is 14.4 Å². The maximum absolute atomic E-state index is 12.6. The van der Waals surface area contributed by atoms with Crippen LogP contribution in [0, 0.1) is 5.41 Å². The van der Waals surface area contributed by atoms with Crippen LogP contribution in [0.3, 0.4) is 0 Å². The van der Waals surface area contributed by atoms with Crippen molar-refractivity contribution in [3.63, 3.8) is 0 Å². The SMILES string of the molecule is N=C1NNNC(=O)Oc2ccc3c4ccc(OC(N)=O)c5c(OC(N)=O)ccc(c6c(C(=O)O)cc(c2c36)O1)c54. The number of nitrogens with two attached hydrogens (primary N) is 2. The van der Waals surface area contributed by atoms with Crippen molar-refractivity contribution in [2.75, 3.05) is 0 Å². The number of amides is 3. The van der Waals surface area contributed by atoms with Gasteiger partial charge in [-0.15, -0.1) is 5.53 Å². The Morgan fingerprint density at radius 3 is 2.02 bits per heavy atom. The van der Waals surface area contributed by atoms with Gasteiger partial charge in [0.05, 0.1) is 16.3 Å². The van der Waals surface area contributed by atoms with Gasteiger partial charge in [0, 0.05) is 16.2 Å². The van der Waals surface area contributed by atoms with Gasteiger partial charge in [-0.05, 0) is 58.6 Å². The number of amidine groups is 1. The topological polar surface area (TPSA) is 237 Å². The van der Waals surface area contributed by atoms with Gasteiger partial charge in [-0.1, -0.05) is 0 Å². The summed E-state index contributed by atoms with van der Waals surface area (Å²) < 4.78 is 21.4. The number of aromatic carboxylic acids is 1. The van der Waals surface area contributed by atoms with E-state index in [4.69, 9.17) is 35.8 Å². The predicted molar refractivity (Wildman–Crippen MR) is 139 cm³/mol. The largest absolute Gasteiger partial charge is 0.478 e. The summed E-state index contributed by atoms with van der Waals surface area (Å²) in [5.74, 6) is -1.52. The number of hydrazine groups is 2. The molecule has 9 N–H and O–H groups in total. The predicted octanol–water partition coefficient (Wildman–Crippen LogP) is 2.78. The molecular weight excluding hydrogens is 528 g/mol. The van der Waals surface area contributed by atoms with E-state index < -0.39 is 30.3 Å². The molecule has 0 unspecified atom stereocenters. The summed E-state index contributed by atoms with van der Waals surface area (Å²) in [6, 6.07) is 9.63. The Kier molecular flexibility index (Phi) is 5.30. The van der Waals surface area contributed by atoms with Crippen LogP contribution in [0.1, 0.15) is 10.4 Å². The summed E-state index contributed by atoms with van der Waals surface area (Å²) in [5, 5.41) is 20.9. The first-order valence-electron chi connectivity index (χ1n) is 11.3. The zero-order valence-electron chi connectivity index (χ0n) is 19.9. The monoisotopic (exact) mass is 544 g/mol. The number of benzene rings is 5. The Hall–Kier alpha value is -6.09. The molecule has 3 amide bonds. The third-order valence-electron chi connectivity index (χ3n) is 6.26. The number of carbonyl (C=O) groups is 4. The lowest BCUT2D eigenvalue weighted by atomic mass is 9.86. The van der Waals surface area contributed by atoms with Crippen LogP contribution in [-0.4, -0.2) is 35.4 Å². The molecule has 1 heterocycles. The molecule has 1 aliphatic rings. The summed E-state index contributed by atoms with van der Waals surface area (Å²) in [4.78, 5) is 48.3. The zero-order chi connectivity index (χ0) is 28.3. The fourth-order valence-electron chi connectivity index (χ4n) is 4.99. The molecule has 200 valence electrons. The number of hydrogen-bond donors (Lipinski definition) is 7. The quantitative estimate of drug-likeness (QED) is 0.129. The molecule has 15 heteroatoms. The van der Waals surface area contributed by atoms with Crippen LogP contribution < -0.4 is 46.8 Å². The van der Waals surface area contributed by atoms with Gasteiger partial charge < -0.3 is 35.5 Å². The third-order valence-corrected chi connectivity index (χ3v) is 6.26. The van der Waals surface area contributed by atoms with Gasteiger partial charge >= 0.3 is 30.3 Å². The molecule has 0 saturated carbocycles. The van der Waals surface area contributed by atoms with Gasteiger partial charge in [-0.25, -0.2) is 30.0 Å². The van der Waals surface area contributed by atoms with Gasteiger partial charge in [-0.2, -0.15) is 0 Å². The van der Waals surface area contributed by atoms with Crippen molar-refractivity contribution >= 4 is 73.4 Å². The van der Waals surface area contributed by atoms with Crippen molar-refractivity contribution in [1.82, 2.24) is 16.4 Å². The van der Waals surface area contributed by atoms with Gasteiger partial charge in [0.15, 0.2) is 0 Å². The van der Waals surface area contributed by atoms with Crippen molar-refractivity contribution < 1.29 is 43.2 Å². The lowest BCUT2D eigenvalue weighted by molar-refractivity contribution is 0.0698. The van der Waals surface area contributed by atoms with E-state index in [0.717, 1.165) is 0 Å². The first-order valence-corrected chi connectivity index (χ1v) is 11.3. The van der Waals surface area contributed by atoms with E-state index in [-0.39, 0.29) is 44.7 Å². The Morgan fingerprint density at radius 2 is 1.38 bits per heavy atom. The molecule has 40 heavy (non-hydrogen) atoms. The minimum Gasteiger partial charge on any atom is -0.478 e. The van der Waals surface area contributed by atoms with E-state index >= 15 is 0 Å². The summed E-state index contributed by atoms with van der Waals surface area (Å²) in [6.07, 6.45) is -3.19. The molecule has 0 aromatic heterocycles. The molecule has 0 bridgehead atoms. The Morgan fingerprint density at radius 1 is 0.750 bits per heavy atom. The molecule has 0 saturated heterocycles. The highest BCUT2D eigenvalue weighted by Crippen LogP contribution is 2.50. The van der Waals surface area contributed by atoms with Crippen molar-refractivity contribution in [2.24, 2.45) is 11.5 Å². The molecule has 6 rings (SSSR count). The highest BCUT2D eigenvalue weighted by molar-refractivity contribution is 6.38. The average molecular weight is 544 g/mol. The van der Waals surface area contributed by atoms with Crippen molar-refractivity contribution in [1.29, 1.82) is 5.41 Å². The molecular formula is C25H16N6O9. The smallest absolute Gasteiger partial charge is 0.428 e. The molecule has 1 aliphatic heterocycles. The van der Waals surface area contributed by atoms with Gasteiger partial charge in [-0.3, -0.25) is 5.43 Å². The highest BCUT2D eigenvalue weighted by atomic mass is 16.6. The van der Waals surface area contributed by atoms with Crippen molar-refractivity contribution in [2.45, 2.75) is 0 Å². The molecule has 0 aliphatic carbocycles. The van der Waals surface area contributed by atoms with Gasteiger partial charge in [0.1, 0.15) is 23.0 Å². The average Bonchev–Trinajstić information content (AvgIpc) is 2.88. The summed E-state index contributed by atoms with van der Waals surface area (Å²) in [7, 11) is 0. The molecule has 5 aromatic carbocycles. The number of ether oxygens (including phenoxy) is 4. The first kappa shape index (κ1) is 24.3. The summed E-state index contributed by atoms with van der Waals surface area (Å²) in [5.41, 5.74) is 17.0. The number of rotatable bonds is 3. The van der Waals surface area contributed by atoms with Crippen LogP contribution in [0.2, 0.25) is 0 Å². The Labute approximate surface area is 221 Å². The van der Waals surface area contributed by atoms with Crippen LogP contribution in [-0.2, 0) is 0 Å². The standard InChI is InChI=1S/C25H16N6O9/c26-22-29-31-30-25(36)40-14-5-2-9-8-1-4-12(38-23(27)34)19-13(39-24(28)35)6-3-10(16(8)19)17-11(21(32)33)7-15(37-22)20(14)18(9)17/h1-7,31H,(H2,26,29)(H2,27,34)(H2,28,35)(H,30,36)(H,32,33). The number of carbonyl (C=O) groups excluding carboxylic acids is 3. The molecule has 5 aromatic rings. The number of carboxylic acids is 1. The van der Waals surface area contributed by atoms with E-state index in [1.54, 1.807) is 12.1 Å². The molecule has 0 fully saturated rings. The number of primary amides is 2. The fourth-order valence-corrected chi connectivity index (χ4v) is 4.99. The minimum absolute atomic E-state index is 0.0167. The van der Waals surface area contributed by atoms with Crippen molar-refractivity contribution in [3.05, 3.63) is 48.0 Å². The lowest BCUT2D eigenvalue weighted by Crippen LogP contribution is -2.51. The van der Waals surface area contributed by atoms with E-state index in [1.165, 1.54) is 30.3 Å². The molecule has 15 nitrogen and oxygen atoms in total. The minimum atomic E-state index is -1.33. The Bertz CT molecular complexity index is 1950. The third kappa shape index (κ3) is 3.69. The number of carboxylic acid groups (broad SMARTS) is 1. The second-order valence-corrected chi connectivity index (χ2v) is 8.47. The van der Waals surface area contributed by atoms with Gasteiger partial charge in [0.25, 0.3) is 0 Å². The summed E-state index contributed by atoms with van der Waals surface area (Å²) >= 11 is 0. The molecule has 0 spiro atoms. The number of fused-ring (bicyclic) bond motifs is 2. The normalized spacial score (nSPS) is 13.4. The maximum Gasteiger partial charge on any atom is 0.428 e. The second kappa shape index (κ2) is 8.74. The highest BCUT2D eigenvalue weighted by Gasteiger charge is 2.28. The van der Waals surface area contributed by atoms with Crippen LogP contribution >= 0.6 is 0 Å². The summed E-state index contributed by atoms with van der Waals surface area (Å²) in [6.45, 7) is 0. The Balaban J connectivity index is 1.86. The van der Waals surface area contributed by atoms with Crippen LogP contribution in [0.25, 0.3) is 43.1 Å². The van der Waals surface area contributed by atoms with E-state index in [0.29, 0.717) is 26.9 Å². The van der Waals surface area contributed by atoms with E-state index in [1.807, 2.05) is 0 Å².